The van der Waals surface area contributed by atoms with E-state index in [2.05, 4.69) is 10.6 Å². The summed E-state index contributed by atoms with van der Waals surface area (Å²) in [5.41, 5.74) is 0. The number of rotatable bonds is 9. The van der Waals surface area contributed by atoms with Crippen LogP contribution in [0.2, 0.25) is 0 Å². The van der Waals surface area contributed by atoms with Gasteiger partial charge < -0.3 is 10.1 Å². The summed E-state index contributed by atoms with van der Waals surface area (Å²) >= 11 is 1.57. The zero-order chi connectivity index (χ0) is 20.6. The third-order valence-electron chi connectivity index (χ3n) is 4.13. The van der Waals surface area contributed by atoms with Gasteiger partial charge in [-0.2, -0.15) is 4.31 Å². The highest BCUT2D eigenvalue weighted by atomic mass is 32.2. The SMILES string of the molecule is CCCS(=O)(=O)N1CCCC1C(=O)OCC(=O)NC(=O)NCCc1cccs1. The molecule has 2 heterocycles. The Balaban J connectivity index is 1.72. The Morgan fingerprint density at radius 2 is 2.14 bits per heavy atom. The maximum Gasteiger partial charge on any atom is 0.324 e. The van der Waals surface area contributed by atoms with Crippen molar-refractivity contribution in [2.75, 3.05) is 25.4 Å². The second-order valence-corrected chi connectivity index (χ2v) is 9.40. The number of imide groups is 1. The van der Waals surface area contributed by atoms with Gasteiger partial charge in [-0.05, 0) is 37.1 Å². The van der Waals surface area contributed by atoms with E-state index in [0.29, 0.717) is 32.2 Å². The number of carbonyl (C=O) groups excluding carboxylic acids is 3. The monoisotopic (exact) mass is 431 g/mol. The third-order valence-corrected chi connectivity index (χ3v) is 7.14. The quantitative estimate of drug-likeness (QED) is 0.560. The van der Waals surface area contributed by atoms with Crippen molar-refractivity contribution in [2.45, 2.75) is 38.6 Å². The lowest BCUT2D eigenvalue weighted by Gasteiger charge is -2.22. The van der Waals surface area contributed by atoms with E-state index in [1.165, 1.54) is 0 Å². The second-order valence-electron chi connectivity index (χ2n) is 6.33. The third kappa shape index (κ3) is 6.57. The smallest absolute Gasteiger partial charge is 0.324 e. The van der Waals surface area contributed by atoms with E-state index < -0.39 is 40.6 Å². The van der Waals surface area contributed by atoms with E-state index in [0.717, 1.165) is 9.18 Å². The Kier molecular flexibility index (Phi) is 8.39. The van der Waals surface area contributed by atoms with Crippen LogP contribution in [0.3, 0.4) is 0 Å². The number of sulfonamides is 1. The first-order chi connectivity index (χ1) is 13.3. The Hall–Kier alpha value is -1.98. The molecule has 2 N–H and O–H groups in total. The number of hydrogen-bond acceptors (Lipinski definition) is 7. The van der Waals surface area contributed by atoms with Crippen molar-refractivity contribution in [3.63, 3.8) is 0 Å². The number of nitrogens with zero attached hydrogens (tertiary/aromatic N) is 1. The minimum absolute atomic E-state index is 0.0388. The first kappa shape index (κ1) is 22.3. The Labute approximate surface area is 168 Å². The fourth-order valence-electron chi connectivity index (χ4n) is 2.88. The van der Waals surface area contributed by atoms with Gasteiger partial charge in [0, 0.05) is 18.0 Å². The molecule has 0 spiro atoms. The van der Waals surface area contributed by atoms with E-state index in [9.17, 15) is 22.8 Å². The Morgan fingerprint density at radius 3 is 2.82 bits per heavy atom. The number of carbonyl (C=O) groups is 3. The van der Waals surface area contributed by atoms with Gasteiger partial charge in [-0.3, -0.25) is 14.9 Å². The zero-order valence-electron chi connectivity index (χ0n) is 15.7. The molecule has 1 unspecified atom stereocenters. The average Bonchev–Trinajstić information content (AvgIpc) is 3.31. The van der Waals surface area contributed by atoms with Crippen molar-refractivity contribution in [1.82, 2.24) is 14.9 Å². The molecular formula is C17H25N3O6S2. The van der Waals surface area contributed by atoms with Crippen LogP contribution in [0.1, 0.15) is 31.1 Å². The Bertz CT molecular complexity index is 779. The van der Waals surface area contributed by atoms with Gasteiger partial charge in [-0.25, -0.2) is 13.2 Å². The molecule has 0 saturated carbocycles. The fraction of sp³-hybridized carbons (Fsp3) is 0.588. The molecule has 0 bridgehead atoms. The topological polar surface area (TPSA) is 122 Å². The molecule has 28 heavy (non-hydrogen) atoms. The molecule has 156 valence electrons. The summed E-state index contributed by atoms with van der Waals surface area (Å²) in [6, 6.07) is 2.27. The van der Waals surface area contributed by atoms with E-state index in [-0.39, 0.29) is 12.3 Å². The second kappa shape index (κ2) is 10.5. The predicted octanol–water partition coefficient (Wildman–Crippen LogP) is 0.864. The molecule has 1 aromatic heterocycles. The maximum absolute atomic E-state index is 12.2. The van der Waals surface area contributed by atoms with Crippen molar-refractivity contribution in [3.8, 4) is 0 Å². The van der Waals surface area contributed by atoms with Crippen LogP contribution in [0.15, 0.2) is 17.5 Å². The van der Waals surface area contributed by atoms with Crippen LogP contribution in [0, 0.1) is 0 Å². The molecule has 1 aliphatic rings. The molecule has 1 aliphatic heterocycles. The van der Waals surface area contributed by atoms with Crippen LogP contribution in [0.25, 0.3) is 0 Å². The predicted molar refractivity (Wildman–Crippen MR) is 104 cm³/mol. The van der Waals surface area contributed by atoms with Crippen LogP contribution >= 0.6 is 11.3 Å². The van der Waals surface area contributed by atoms with Gasteiger partial charge in [0.15, 0.2) is 6.61 Å². The van der Waals surface area contributed by atoms with Crippen molar-refractivity contribution in [3.05, 3.63) is 22.4 Å². The van der Waals surface area contributed by atoms with Crippen LogP contribution < -0.4 is 10.6 Å². The molecule has 1 saturated heterocycles. The number of esters is 1. The maximum atomic E-state index is 12.2. The summed E-state index contributed by atoms with van der Waals surface area (Å²) < 4.78 is 30.5. The molecule has 1 fully saturated rings. The lowest BCUT2D eigenvalue weighted by Crippen LogP contribution is -2.45. The van der Waals surface area contributed by atoms with Crippen molar-refractivity contribution >= 4 is 39.3 Å². The summed E-state index contributed by atoms with van der Waals surface area (Å²) in [6.07, 6.45) is 2.01. The molecule has 2 rings (SSSR count). The number of nitrogens with one attached hydrogen (secondary N) is 2. The molecule has 11 heteroatoms. The van der Waals surface area contributed by atoms with Crippen molar-refractivity contribution in [1.29, 1.82) is 0 Å². The van der Waals surface area contributed by atoms with Crippen molar-refractivity contribution in [2.24, 2.45) is 0 Å². The minimum Gasteiger partial charge on any atom is -0.454 e. The number of urea groups is 1. The zero-order valence-corrected chi connectivity index (χ0v) is 17.3. The van der Waals surface area contributed by atoms with Gasteiger partial charge in [-0.15, -0.1) is 11.3 Å². The van der Waals surface area contributed by atoms with Gasteiger partial charge in [0.1, 0.15) is 6.04 Å². The fourth-order valence-corrected chi connectivity index (χ4v) is 5.32. The normalized spacial score (nSPS) is 17.2. The molecule has 9 nitrogen and oxygen atoms in total. The summed E-state index contributed by atoms with van der Waals surface area (Å²) in [5, 5.41) is 6.55. The van der Waals surface area contributed by atoms with Gasteiger partial charge in [-0.1, -0.05) is 13.0 Å². The molecule has 1 aromatic rings. The lowest BCUT2D eigenvalue weighted by molar-refractivity contribution is -0.151. The summed E-state index contributed by atoms with van der Waals surface area (Å²) in [5.74, 6) is -1.59. The standard InChI is InChI=1S/C17H25N3O6S2/c1-2-11-28(24,25)20-9-3-6-14(20)16(22)26-12-15(21)19-17(23)18-8-7-13-5-4-10-27-13/h4-5,10,14H,2-3,6-9,11-12H2,1H3,(H2,18,19,21,23). The number of ether oxygens (including phenoxy) is 1. The van der Waals surface area contributed by atoms with E-state index in [4.69, 9.17) is 4.74 Å². The number of hydrogen-bond donors (Lipinski definition) is 2. The summed E-state index contributed by atoms with van der Waals surface area (Å²) in [4.78, 5) is 36.7. The molecule has 0 radical (unpaired) electrons. The number of amides is 3. The van der Waals surface area contributed by atoms with Crippen LogP contribution in [-0.4, -0.2) is 62.1 Å². The van der Waals surface area contributed by atoms with Gasteiger partial charge in [0.25, 0.3) is 5.91 Å². The average molecular weight is 432 g/mol. The molecule has 1 atom stereocenters. The highest BCUT2D eigenvalue weighted by Crippen LogP contribution is 2.22. The minimum atomic E-state index is -3.52. The van der Waals surface area contributed by atoms with Gasteiger partial charge >= 0.3 is 12.0 Å². The van der Waals surface area contributed by atoms with Gasteiger partial charge in [0.05, 0.1) is 5.75 Å². The highest BCUT2D eigenvalue weighted by molar-refractivity contribution is 7.89. The highest BCUT2D eigenvalue weighted by Gasteiger charge is 2.39. The molecule has 3 amide bonds. The molecular weight excluding hydrogens is 406 g/mol. The first-order valence-electron chi connectivity index (χ1n) is 9.09. The summed E-state index contributed by atoms with van der Waals surface area (Å²) in [6.45, 7) is 1.73. The van der Waals surface area contributed by atoms with Crippen LogP contribution in [0.4, 0.5) is 4.79 Å². The van der Waals surface area contributed by atoms with Gasteiger partial charge in [0.2, 0.25) is 10.0 Å². The molecule has 0 aromatic carbocycles. The summed E-state index contributed by atoms with van der Waals surface area (Å²) in [7, 11) is -3.52. The van der Waals surface area contributed by atoms with Crippen molar-refractivity contribution < 1.29 is 27.5 Å². The first-order valence-corrected chi connectivity index (χ1v) is 11.6. The largest absolute Gasteiger partial charge is 0.454 e. The van der Waals surface area contributed by atoms with Crippen LogP contribution in [-0.2, 0) is 30.8 Å². The van der Waals surface area contributed by atoms with E-state index in [1.54, 1.807) is 18.3 Å². The van der Waals surface area contributed by atoms with E-state index in [1.807, 2.05) is 17.5 Å². The number of thiophene rings is 1. The van der Waals surface area contributed by atoms with E-state index >= 15 is 0 Å². The molecule has 0 aliphatic carbocycles. The van der Waals surface area contributed by atoms with Crippen LogP contribution in [0.5, 0.6) is 0 Å². The Morgan fingerprint density at radius 1 is 1.36 bits per heavy atom. The lowest BCUT2D eigenvalue weighted by atomic mass is 10.2.